The highest BCUT2D eigenvalue weighted by Gasteiger charge is 2.31. The summed E-state index contributed by atoms with van der Waals surface area (Å²) in [6, 6.07) is -0.593. The van der Waals surface area contributed by atoms with Crippen LogP contribution >= 0.6 is 11.3 Å². The molecule has 0 bridgehead atoms. The van der Waals surface area contributed by atoms with E-state index in [9.17, 15) is 13.2 Å². The van der Waals surface area contributed by atoms with Gasteiger partial charge in [0.25, 0.3) is 0 Å². The van der Waals surface area contributed by atoms with Gasteiger partial charge in [0.15, 0.2) is 0 Å². The number of alkyl halides is 3. The molecule has 1 N–H and O–H groups in total. The second-order valence-electron chi connectivity index (χ2n) is 3.76. The lowest BCUT2D eigenvalue weighted by atomic mass is 10.1. The first-order chi connectivity index (χ1) is 7.31. The Morgan fingerprint density at radius 3 is 2.38 bits per heavy atom. The van der Waals surface area contributed by atoms with Gasteiger partial charge >= 0.3 is 6.18 Å². The van der Waals surface area contributed by atoms with Gasteiger partial charge in [-0.1, -0.05) is 0 Å². The van der Waals surface area contributed by atoms with Crippen LogP contribution in [0, 0.1) is 13.8 Å². The minimum absolute atomic E-state index is 0.329. The van der Waals surface area contributed by atoms with Gasteiger partial charge in [-0.05, 0) is 20.9 Å². The summed E-state index contributed by atoms with van der Waals surface area (Å²) in [6.07, 6.45) is -4.62. The van der Waals surface area contributed by atoms with Crippen molar-refractivity contribution in [2.75, 3.05) is 7.05 Å². The zero-order chi connectivity index (χ0) is 12.3. The molecule has 92 valence electrons. The highest BCUT2D eigenvalue weighted by molar-refractivity contribution is 7.11. The minimum Gasteiger partial charge on any atom is -0.316 e. The number of hydrogen-bond acceptors (Lipinski definition) is 3. The number of nitrogens with one attached hydrogen (secondary N) is 1. The fraction of sp³-hybridized carbons (Fsp3) is 0.700. The smallest absolute Gasteiger partial charge is 0.316 e. The molecule has 1 heterocycles. The molecule has 0 amide bonds. The van der Waals surface area contributed by atoms with E-state index in [-0.39, 0.29) is 0 Å². The van der Waals surface area contributed by atoms with Crippen molar-refractivity contribution in [2.45, 2.75) is 38.9 Å². The van der Waals surface area contributed by atoms with Crippen molar-refractivity contribution in [3.05, 3.63) is 15.6 Å². The van der Waals surface area contributed by atoms with Crippen molar-refractivity contribution < 1.29 is 13.2 Å². The Morgan fingerprint density at radius 2 is 2.00 bits per heavy atom. The van der Waals surface area contributed by atoms with E-state index in [1.165, 1.54) is 11.3 Å². The fourth-order valence-electron chi connectivity index (χ4n) is 1.39. The quantitative estimate of drug-likeness (QED) is 0.891. The molecule has 1 atom stereocenters. The average Bonchev–Trinajstić information content (AvgIpc) is 2.42. The Kier molecular flexibility index (Phi) is 4.32. The number of thiazole rings is 1. The lowest BCUT2D eigenvalue weighted by Gasteiger charge is -2.16. The fourth-order valence-corrected chi connectivity index (χ4v) is 2.41. The number of rotatable bonds is 4. The van der Waals surface area contributed by atoms with Crippen molar-refractivity contribution in [3.8, 4) is 0 Å². The molecule has 0 fully saturated rings. The number of nitrogens with zero attached hydrogens (tertiary/aromatic N) is 1. The van der Waals surface area contributed by atoms with Crippen LogP contribution in [0.25, 0.3) is 0 Å². The van der Waals surface area contributed by atoms with Gasteiger partial charge in [-0.2, -0.15) is 13.2 Å². The van der Waals surface area contributed by atoms with Crippen LogP contribution in [0.1, 0.15) is 22.0 Å². The van der Waals surface area contributed by atoms with E-state index in [0.29, 0.717) is 6.42 Å². The van der Waals surface area contributed by atoms with Crippen LogP contribution in [0.2, 0.25) is 0 Å². The first-order valence-corrected chi connectivity index (χ1v) is 5.80. The second kappa shape index (κ2) is 5.14. The van der Waals surface area contributed by atoms with Crippen molar-refractivity contribution in [1.82, 2.24) is 10.3 Å². The molecule has 6 heteroatoms. The first-order valence-electron chi connectivity index (χ1n) is 4.98. The monoisotopic (exact) mass is 252 g/mol. The second-order valence-corrected chi connectivity index (χ2v) is 5.05. The molecule has 1 aromatic heterocycles. The highest BCUT2D eigenvalue weighted by atomic mass is 32.1. The van der Waals surface area contributed by atoms with E-state index in [1.54, 1.807) is 7.05 Å². The largest absolute Gasteiger partial charge is 0.390 e. The van der Waals surface area contributed by atoms with Gasteiger partial charge in [0.1, 0.15) is 0 Å². The van der Waals surface area contributed by atoms with Crippen LogP contribution < -0.4 is 5.32 Å². The van der Waals surface area contributed by atoms with Gasteiger partial charge in [-0.15, -0.1) is 11.3 Å². The highest BCUT2D eigenvalue weighted by Crippen LogP contribution is 2.24. The molecule has 0 aromatic carbocycles. The third-order valence-corrected chi connectivity index (χ3v) is 3.48. The molecule has 1 aromatic rings. The summed E-state index contributed by atoms with van der Waals surface area (Å²) >= 11 is 1.47. The summed E-state index contributed by atoms with van der Waals surface area (Å²) in [5.41, 5.74) is 0.905. The summed E-state index contributed by atoms with van der Waals surface area (Å²) in [6.45, 7) is 3.79. The number of aromatic nitrogens is 1. The lowest BCUT2D eigenvalue weighted by molar-refractivity contribution is -0.139. The van der Waals surface area contributed by atoms with Crippen LogP contribution in [0.5, 0.6) is 0 Å². The third kappa shape index (κ3) is 4.09. The Bertz CT molecular complexity index is 327. The zero-order valence-corrected chi connectivity index (χ0v) is 10.3. The predicted molar refractivity (Wildman–Crippen MR) is 58.8 cm³/mol. The molecular formula is C10H15F3N2S. The summed E-state index contributed by atoms with van der Waals surface area (Å²) in [5, 5.41) is 3.45. The van der Waals surface area contributed by atoms with Gasteiger partial charge in [-0.25, -0.2) is 4.98 Å². The van der Waals surface area contributed by atoms with Crippen LogP contribution in [-0.2, 0) is 6.42 Å². The zero-order valence-electron chi connectivity index (χ0n) is 9.48. The number of halogens is 3. The van der Waals surface area contributed by atoms with Crippen LogP contribution in [0.3, 0.4) is 0 Å². The number of hydrogen-bond donors (Lipinski definition) is 1. The van der Waals surface area contributed by atoms with Gasteiger partial charge in [0, 0.05) is 17.3 Å². The molecule has 0 saturated carbocycles. The summed E-state index contributed by atoms with van der Waals surface area (Å²) < 4.78 is 36.7. The molecular weight excluding hydrogens is 237 g/mol. The maximum absolute atomic E-state index is 12.2. The van der Waals surface area contributed by atoms with E-state index in [1.807, 2.05) is 13.8 Å². The summed E-state index contributed by atoms with van der Waals surface area (Å²) in [7, 11) is 1.55. The number of likely N-dealkylation sites (N-methyl/N-ethyl adjacent to an activating group) is 1. The van der Waals surface area contributed by atoms with Gasteiger partial charge in [-0.3, -0.25) is 0 Å². The summed E-state index contributed by atoms with van der Waals surface area (Å²) in [4.78, 5) is 5.31. The van der Waals surface area contributed by atoms with Crippen molar-refractivity contribution in [2.24, 2.45) is 0 Å². The average molecular weight is 252 g/mol. The van der Waals surface area contributed by atoms with E-state index >= 15 is 0 Å². The van der Waals surface area contributed by atoms with E-state index in [4.69, 9.17) is 0 Å². The minimum atomic E-state index is -4.13. The van der Waals surface area contributed by atoms with Gasteiger partial charge < -0.3 is 5.32 Å². The SMILES string of the molecule is CNC(Cc1nc(C)c(C)s1)CC(F)(F)F. The predicted octanol–water partition coefficient (Wildman–Crippen LogP) is 2.84. The maximum Gasteiger partial charge on any atom is 0.390 e. The number of aryl methyl sites for hydroxylation is 2. The van der Waals surface area contributed by atoms with Crippen LogP contribution in [0.4, 0.5) is 13.2 Å². The third-order valence-electron chi connectivity index (χ3n) is 2.38. The lowest BCUT2D eigenvalue weighted by Crippen LogP contribution is -2.32. The molecule has 1 rings (SSSR count). The Hall–Kier alpha value is -0.620. The molecule has 0 aliphatic heterocycles. The molecule has 0 aliphatic rings. The standard InChI is InChI=1S/C10H15F3N2S/c1-6-7(2)16-9(15-6)4-8(14-3)5-10(11,12)13/h8,14H,4-5H2,1-3H3. The summed E-state index contributed by atoms with van der Waals surface area (Å²) in [5.74, 6) is 0. The molecule has 2 nitrogen and oxygen atoms in total. The molecule has 16 heavy (non-hydrogen) atoms. The van der Waals surface area contributed by atoms with Crippen LogP contribution in [-0.4, -0.2) is 24.2 Å². The normalized spacial score (nSPS) is 14.1. The van der Waals surface area contributed by atoms with E-state index < -0.39 is 18.6 Å². The molecule has 0 aliphatic carbocycles. The molecule has 0 saturated heterocycles. The van der Waals surface area contributed by atoms with Crippen LogP contribution in [0.15, 0.2) is 0 Å². The van der Waals surface area contributed by atoms with Gasteiger partial charge in [0.05, 0.1) is 17.1 Å². The Morgan fingerprint density at radius 1 is 1.38 bits per heavy atom. The van der Waals surface area contributed by atoms with Crippen molar-refractivity contribution in [3.63, 3.8) is 0 Å². The Balaban J connectivity index is 2.63. The maximum atomic E-state index is 12.2. The first kappa shape index (κ1) is 13.4. The topological polar surface area (TPSA) is 24.9 Å². The van der Waals surface area contributed by atoms with Crippen molar-refractivity contribution >= 4 is 11.3 Å². The molecule has 1 unspecified atom stereocenters. The molecule has 0 radical (unpaired) electrons. The van der Waals surface area contributed by atoms with Gasteiger partial charge in [0.2, 0.25) is 0 Å². The van der Waals surface area contributed by atoms with E-state index in [2.05, 4.69) is 10.3 Å². The molecule has 0 spiro atoms. The van der Waals surface area contributed by atoms with Crippen molar-refractivity contribution in [1.29, 1.82) is 0 Å². The Labute approximate surface area is 96.9 Å². The van der Waals surface area contributed by atoms with E-state index in [0.717, 1.165) is 15.6 Å².